The predicted octanol–water partition coefficient (Wildman–Crippen LogP) is 4.25. The van der Waals surface area contributed by atoms with E-state index in [0.717, 1.165) is 20.8 Å². The average Bonchev–Trinajstić information content (AvgIpc) is 3.17. The Morgan fingerprint density at radius 3 is 2.83 bits per heavy atom. The van der Waals surface area contributed by atoms with Crippen LogP contribution in [0.3, 0.4) is 0 Å². The summed E-state index contributed by atoms with van der Waals surface area (Å²) in [7, 11) is 1.59. The van der Waals surface area contributed by atoms with Crippen LogP contribution in [-0.2, 0) is 0 Å². The molecule has 0 atom stereocenters. The zero-order valence-electron chi connectivity index (χ0n) is 12.3. The summed E-state index contributed by atoms with van der Waals surface area (Å²) >= 11 is 1.47. The van der Waals surface area contributed by atoms with Crippen LogP contribution in [0.15, 0.2) is 36.4 Å². The maximum absolute atomic E-state index is 9.60. The fraction of sp³-hybridized carbons (Fsp3) is 0.118. The van der Waals surface area contributed by atoms with Crippen LogP contribution >= 0.6 is 11.3 Å². The first-order chi connectivity index (χ1) is 11.3. The lowest BCUT2D eigenvalue weighted by molar-refractivity contribution is 0.171. The number of anilines is 2. The molecule has 1 aliphatic heterocycles. The van der Waals surface area contributed by atoms with E-state index in [1.165, 1.54) is 11.3 Å². The van der Waals surface area contributed by atoms with E-state index in [4.69, 9.17) is 14.2 Å². The van der Waals surface area contributed by atoms with Crippen LogP contribution in [0.1, 0.15) is 5.56 Å². The number of nitriles is 1. The van der Waals surface area contributed by atoms with Gasteiger partial charge in [-0.3, -0.25) is 0 Å². The number of thiophene rings is 1. The monoisotopic (exact) mass is 324 g/mol. The van der Waals surface area contributed by atoms with Crippen LogP contribution < -0.4 is 19.5 Å². The molecule has 0 unspecified atom stereocenters. The van der Waals surface area contributed by atoms with Crippen LogP contribution in [0.4, 0.5) is 10.7 Å². The van der Waals surface area contributed by atoms with Crippen molar-refractivity contribution in [2.24, 2.45) is 0 Å². The molecule has 6 heteroatoms. The van der Waals surface area contributed by atoms with Gasteiger partial charge in [0.25, 0.3) is 0 Å². The smallest absolute Gasteiger partial charge is 0.231 e. The fourth-order valence-electron chi connectivity index (χ4n) is 2.59. The van der Waals surface area contributed by atoms with Gasteiger partial charge >= 0.3 is 0 Å². The van der Waals surface area contributed by atoms with Gasteiger partial charge < -0.3 is 19.5 Å². The number of ether oxygens (including phenoxy) is 3. The highest BCUT2D eigenvalue weighted by Crippen LogP contribution is 2.51. The second kappa shape index (κ2) is 5.38. The number of fused-ring (bicyclic) bond motifs is 2. The summed E-state index contributed by atoms with van der Waals surface area (Å²) in [6.07, 6.45) is 0. The maximum atomic E-state index is 9.60. The Balaban J connectivity index is 1.92. The van der Waals surface area contributed by atoms with Crippen molar-refractivity contribution in [2.45, 2.75) is 0 Å². The predicted molar refractivity (Wildman–Crippen MR) is 88.9 cm³/mol. The third-order valence-electron chi connectivity index (χ3n) is 3.62. The Morgan fingerprint density at radius 1 is 1.26 bits per heavy atom. The number of hydrogen-bond acceptors (Lipinski definition) is 6. The Hall–Kier alpha value is -2.91. The molecule has 114 valence electrons. The van der Waals surface area contributed by atoms with Crippen molar-refractivity contribution in [3.63, 3.8) is 0 Å². The van der Waals surface area contributed by atoms with Crippen LogP contribution in [0.5, 0.6) is 17.2 Å². The van der Waals surface area contributed by atoms with E-state index >= 15 is 0 Å². The van der Waals surface area contributed by atoms with Gasteiger partial charge in [0.05, 0.1) is 17.4 Å². The molecule has 5 nitrogen and oxygen atoms in total. The van der Waals surface area contributed by atoms with Crippen molar-refractivity contribution >= 4 is 32.1 Å². The van der Waals surface area contributed by atoms with E-state index in [-0.39, 0.29) is 6.79 Å². The highest BCUT2D eigenvalue weighted by atomic mass is 32.1. The van der Waals surface area contributed by atoms with E-state index in [0.29, 0.717) is 22.8 Å². The molecule has 0 spiro atoms. The molecule has 0 fully saturated rings. The Morgan fingerprint density at radius 2 is 2.09 bits per heavy atom. The van der Waals surface area contributed by atoms with Gasteiger partial charge in [-0.1, -0.05) is 18.2 Å². The zero-order chi connectivity index (χ0) is 15.8. The number of para-hydroxylation sites is 1. The van der Waals surface area contributed by atoms with E-state index in [1.54, 1.807) is 7.11 Å². The minimum absolute atomic E-state index is 0.167. The molecule has 1 aliphatic rings. The first-order valence-electron chi connectivity index (χ1n) is 6.97. The molecule has 23 heavy (non-hydrogen) atoms. The molecule has 3 aromatic rings. The van der Waals surface area contributed by atoms with Crippen molar-refractivity contribution in [2.75, 3.05) is 19.2 Å². The van der Waals surface area contributed by atoms with Crippen LogP contribution in [0.25, 0.3) is 10.1 Å². The molecular formula is C17H12N2O3S. The van der Waals surface area contributed by atoms with E-state index < -0.39 is 0 Å². The molecule has 2 heterocycles. The topological polar surface area (TPSA) is 63.5 Å². The normalized spacial score (nSPS) is 12.2. The fourth-order valence-corrected chi connectivity index (χ4v) is 3.77. The summed E-state index contributed by atoms with van der Waals surface area (Å²) in [5, 5.41) is 14.5. The lowest BCUT2D eigenvalue weighted by atomic mass is 10.1. The van der Waals surface area contributed by atoms with Gasteiger partial charge in [-0.25, -0.2) is 0 Å². The number of nitrogens with zero attached hydrogens (tertiary/aromatic N) is 1. The van der Waals surface area contributed by atoms with Gasteiger partial charge in [0, 0.05) is 11.1 Å². The van der Waals surface area contributed by atoms with Gasteiger partial charge in [0.1, 0.15) is 11.1 Å². The largest absolute Gasteiger partial charge is 0.491 e. The molecule has 2 aromatic carbocycles. The SMILES string of the molecule is COc1c2c(cc3c(C#N)c(Nc4ccccc4)sc13)OCO2. The Kier molecular flexibility index (Phi) is 3.21. The first kappa shape index (κ1) is 13.7. The molecule has 0 amide bonds. The number of methoxy groups -OCH3 is 1. The van der Waals surface area contributed by atoms with Crippen LogP contribution in [0.2, 0.25) is 0 Å². The molecule has 1 N–H and O–H groups in total. The number of benzene rings is 2. The van der Waals surface area contributed by atoms with Crippen molar-refractivity contribution in [3.05, 3.63) is 42.0 Å². The molecule has 1 aromatic heterocycles. The molecule has 0 aliphatic carbocycles. The lowest BCUT2D eigenvalue weighted by Gasteiger charge is -2.05. The number of nitrogens with one attached hydrogen (secondary N) is 1. The highest BCUT2D eigenvalue weighted by Gasteiger charge is 2.26. The van der Waals surface area contributed by atoms with Crippen LogP contribution in [0, 0.1) is 11.3 Å². The van der Waals surface area contributed by atoms with Crippen molar-refractivity contribution in [1.29, 1.82) is 5.26 Å². The summed E-state index contributed by atoms with van der Waals surface area (Å²) in [4.78, 5) is 0. The Labute approximate surface area is 136 Å². The van der Waals surface area contributed by atoms with Crippen molar-refractivity contribution in [1.82, 2.24) is 0 Å². The minimum atomic E-state index is 0.167. The average molecular weight is 324 g/mol. The molecule has 0 saturated heterocycles. The molecular weight excluding hydrogens is 312 g/mol. The summed E-state index contributed by atoms with van der Waals surface area (Å²) in [6, 6.07) is 13.9. The van der Waals surface area contributed by atoms with Gasteiger partial charge in [-0.2, -0.15) is 5.26 Å². The second-order valence-corrected chi connectivity index (χ2v) is 5.95. The molecule has 4 rings (SSSR count). The quantitative estimate of drug-likeness (QED) is 0.780. The summed E-state index contributed by atoms with van der Waals surface area (Å²) < 4.78 is 17.3. The van der Waals surface area contributed by atoms with E-state index in [1.807, 2.05) is 36.4 Å². The van der Waals surface area contributed by atoms with Crippen molar-refractivity contribution in [3.8, 4) is 23.3 Å². The molecule has 0 saturated carbocycles. The van der Waals surface area contributed by atoms with Gasteiger partial charge in [-0.05, 0) is 18.2 Å². The molecule has 0 radical (unpaired) electrons. The standard InChI is InChI=1S/C17H12N2O3S/c1-20-15-14-13(21-9-22-14)7-11-12(8-18)17(23-16(11)15)19-10-5-3-2-4-6-10/h2-7,19H,9H2,1H3. The van der Waals surface area contributed by atoms with Crippen molar-refractivity contribution < 1.29 is 14.2 Å². The van der Waals surface area contributed by atoms with E-state index in [9.17, 15) is 5.26 Å². The van der Waals surface area contributed by atoms with E-state index in [2.05, 4.69) is 11.4 Å². The number of hydrogen-bond donors (Lipinski definition) is 1. The second-order valence-electron chi connectivity index (χ2n) is 4.93. The maximum Gasteiger partial charge on any atom is 0.231 e. The number of rotatable bonds is 3. The summed E-state index contributed by atoms with van der Waals surface area (Å²) in [5.41, 5.74) is 1.50. The third-order valence-corrected chi connectivity index (χ3v) is 4.74. The summed E-state index contributed by atoms with van der Waals surface area (Å²) in [6.45, 7) is 0.167. The first-order valence-corrected chi connectivity index (χ1v) is 7.78. The Bertz CT molecular complexity index is 929. The zero-order valence-corrected chi connectivity index (χ0v) is 13.1. The summed E-state index contributed by atoms with van der Waals surface area (Å²) in [5.74, 6) is 1.81. The molecule has 0 bridgehead atoms. The minimum Gasteiger partial charge on any atom is -0.491 e. The van der Waals surface area contributed by atoms with Gasteiger partial charge in [-0.15, -0.1) is 11.3 Å². The van der Waals surface area contributed by atoms with Gasteiger partial charge in [0.15, 0.2) is 11.5 Å². The third kappa shape index (κ3) is 2.14. The van der Waals surface area contributed by atoms with Crippen LogP contribution in [-0.4, -0.2) is 13.9 Å². The lowest BCUT2D eigenvalue weighted by Crippen LogP contribution is -1.93. The van der Waals surface area contributed by atoms with Gasteiger partial charge in [0.2, 0.25) is 12.5 Å². The highest BCUT2D eigenvalue weighted by molar-refractivity contribution is 7.23.